The molecule has 2 unspecified atom stereocenters. The molecule has 3 N–H and O–H groups in total. The largest absolute Gasteiger partial charge is 0.417 e. The van der Waals surface area contributed by atoms with Crippen LogP contribution in [0.25, 0.3) is 28.0 Å². The number of benzene rings is 1. The summed E-state index contributed by atoms with van der Waals surface area (Å²) in [6.07, 6.45) is 5.70. The zero-order chi connectivity index (χ0) is 22.3. The fourth-order valence-corrected chi connectivity index (χ4v) is 6.54. The molecule has 0 radical (unpaired) electrons. The number of H-pyrrole nitrogens is 1. The van der Waals surface area contributed by atoms with Crippen molar-refractivity contribution < 1.29 is 4.42 Å². The lowest BCUT2D eigenvalue weighted by Gasteiger charge is -2.40. The third-order valence-electron chi connectivity index (χ3n) is 7.31. The Hall–Kier alpha value is -3.06. The fraction of sp³-hybridized carbons (Fsp3) is 0.440. The Labute approximate surface area is 186 Å². The lowest BCUT2D eigenvalue weighted by atomic mass is 9.65. The summed E-state index contributed by atoms with van der Waals surface area (Å²) in [5, 5.41) is 0. The van der Waals surface area contributed by atoms with Crippen molar-refractivity contribution in [3.63, 3.8) is 0 Å². The second kappa shape index (κ2) is 6.48. The van der Waals surface area contributed by atoms with Gasteiger partial charge in [-0.2, -0.15) is 0 Å². The second-order valence-corrected chi connectivity index (χ2v) is 10.9. The van der Waals surface area contributed by atoms with E-state index in [9.17, 15) is 4.79 Å². The number of hydrogen-bond acceptors (Lipinski definition) is 5. The minimum absolute atomic E-state index is 0.361. The van der Waals surface area contributed by atoms with Gasteiger partial charge in [-0.15, -0.1) is 0 Å². The standard InChI is InChI=1S/C25H29N5O2/c1-24(2)9-17-10-25(3,13-24)14-29(17)12-19-22(28-21-7-5-16(26)11-30(19)21)15-4-6-18-20(8-15)32-23(31)27-18/h4-8,11,17H,9-10,12-14,26H2,1-3H3,(H,27,31). The van der Waals surface area contributed by atoms with Crippen LogP contribution in [0.1, 0.15) is 45.7 Å². The number of fused-ring (bicyclic) bond motifs is 4. The first kappa shape index (κ1) is 19.6. The Bertz CT molecular complexity index is 1410. The highest BCUT2D eigenvalue weighted by molar-refractivity contribution is 5.80. The van der Waals surface area contributed by atoms with Crippen molar-refractivity contribution in [2.75, 3.05) is 12.3 Å². The molecule has 32 heavy (non-hydrogen) atoms. The summed E-state index contributed by atoms with van der Waals surface area (Å²) in [7, 11) is 0. The Morgan fingerprint density at radius 3 is 2.91 bits per heavy atom. The molecule has 1 aliphatic carbocycles. The van der Waals surface area contributed by atoms with E-state index in [-0.39, 0.29) is 0 Å². The molecule has 1 saturated carbocycles. The minimum atomic E-state index is -0.444. The number of nitrogens with one attached hydrogen (secondary N) is 1. The van der Waals surface area contributed by atoms with E-state index in [4.69, 9.17) is 15.1 Å². The summed E-state index contributed by atoms with van der Waals surface area (Å²) in [6, 6.07) is 10.2. The lowest BCUT2D eigenvalue weighted by Crippen LogP contribution is -2.34. The molecule has 2 aliphatic rings. The zero-order valence-corrected chi connectivity index (χ0v) is 18.8. The van der Waals surface area contributed by atoms with Gasteiger partial charge in [0.15, 0.2) is 5.58 Å². The number of likely N-dealkylation sites (tertiary alicyclic amines) is 1. The van der Waals surface area contributed by atoms with Crippen LogP contribution < -0.4 is 11.5 Å². The molecule has 2 fully saturated rings. The average Bonchev–Trinajstić information content (AvgIpc) is 3.31. The molecule has 0 amide bonds. The summed E-state index contributed by atoms with van der Waals surface area (Å²) in [5.41, 5.74) is 12.7. The molecule has 7 heteroatoms. The maximum atomic E-state index is 11.6. The maximum Gasteiger partial charge on any atom is 0.417 e. The van der Waals surface area contributed by atoms with Gasteiger partial charge in [0, 0.05) is 36.6 Å². The van der Waals surface area contributed by atoms with Crippen LogP contribution in [0.4, 0.5) is 5.69 Å². The highest BCUT2D eigenvalue weighted by Crippen LogP contribution is 2.53. The van der Waals surface area contributed by atoms with Crippen molar-refractivity contribution in [3.8, 4) is 11.3 Å². The highest BCUT2D eigenvalue weighted by atomic mass is 16.4. The summed E-state index contributed by atoms with van der Waals surface area (Å²) in [5.74, 6) is -0.444. The van der Waals surface area contributed by atoms with Crippen LogP contribution in [0.2, 0.25) is 0 Å². The van der Waals surface area contributed by atoms with Gasteiger partial charge in [0.2, 0.25) is 0 Å². The summed E-state index contributed by atoms with van der Waals surface area (Å²) in [4.78, 5) is 21.9. The third kappa shape index (κ3) is 3.14. The van der Waals surface area contributed by atoms with E-state index in [2.05, 4.69) is 35.1 Å². The van der Waals surface area contributed by atoms with E-state index in [1.807, 2.05) is 36.5 Å². The molecule has 4 heterocycles. The van der Waals surface area contributed by atoms with Crippen LogP contribution in [0.15, 0.2) is 45.7 Å². The number of nitrogens with two attached hydrogens (primary N) is 1. The number of pyridine rings is 1. The topological polar surface area (TPSA) is 92.6 Å². The third-order valence-corrected chi connectivity index (χ3v) is 7.31. The average molecular weight is 432 g/mol. The molecule has 3 aromatic heterocycles. The molecule has 0 spiro atoms. The van der Waals surface area contributed by atoms with Crippen LogP contribution >= 0.6 is 0 Å². The zero-order valence-electron chi connectivity index (χ0n) is 18.8. The maximum absolute atomic E-state index is 11.6. The van der Waals surface area contributed by atoms with Crippen molar-refractivity contribution >= 4 is 22.4 Å². The molecule has 2 bridgehead atoms. The van der Waals surface area contributed by atoms with E-state index < -0.39 is 5.76 Å². The number of nitrogens with zero attached hydrogens (tertiary/aromatic N) is 3. The van der Waals surface area contributed by atoms with E-state index >= 15 is 0 Å². The van der Waals surface area contributed by atoms with Gasteiger partial charge in [0.05, 0.1) is 16.9 Å². The van der Waals surface area contributed by atoms with Crippen molar-refractivity contribution in [3.05, 3.63) is 52.8 Å². The number of rotatable bonds is 3. The van der Waals surface area contributed by atoms with Gasteiger partial charge in [-0.1, -0.05) is 26.8 Å². The number of nitrogen functional groups attached to an aromatic ring is 1. The normalized spacial score (nSPS) is 25.2. The van der Waals surface area contributed by atoms with Crippen molar-refractivity contribution in [1.29, 1.82) is 0 Å². The van der Waals surface area contributed by atoms with Crippen LogP contribution in [0.5, 0.6) is 0 Å². The van der Waals surface area contributed by atoms with Gasteiger partial charge >= 0.3 is 5.76 Å². The van der Waals surface area contributed by atoms with Crippen LogP contribution in [0.3, 0.4) is 0 Å². The Morgan fingerprint density at radius 2 is 2.06 bits per heavy atom. The van der Waals surface area contributed by atoms with Gasteiger partial charge in [0.1, 0.15) is 5.65 Å². The number of oxazole rings is 1. The predicted molar refractivity (Wildman–Crippen MR) is 125 cm³/mol. The SMILES string of the molecule is CC1(C)CC2CC(C)(CN2Cc2c(-c3ccc4[nH]c(=O)oc4c3)nc3ccc(N)cn23)C1. The molecule has 1 aliphatic heterocycles. The molecule has 166 valence electrons. The van der Waals surface area contributed by atoms with Crippen LogP contribution in [-0.2, 0) is 6.54 Å². The van der Waals surface area contributed by atoms with E-state index in [0.29, 0.717) is 33.7 Å². The smallest absolute Gasteiger partial charge is 0.408 e. The number of aromatic nitrogens is 3. The first-order valence-corrected chi connectivity index (χ1v) is 11.3. The molecular formula is C25H29N5O2. The van der Waals surface area contributed by atoms with E-state index in [1.165, 1.54) is 19.3 Å². The Morgan fingerprint density at radius 1 is 1.22 bits per heavy atom. The van der Waals surface area contributed by atoms with E-state index in [0.717, 1.165) is 35.7 Å². The van der Waals surface area contributed by atoms with Crippen LogP contribution in [0, 0.1) is 10.8 Å². The summed E-state index contributed by atoms with van der Waals surface area (Å²) < 4.78 is 7.44. The molecule has 2 atom stereocenters. The van der Waals surface area contributed by atoms with Gasteiger partial charge in [-0.05, 0) is 54.4 Å². The van der Waals surface area contributed by atoms with Crippen molar-refractivity contribution in [2.45, 2.75) is 52.6 Å². The number of imidazole rings is 1. The lowest BCUT2D eigenvalue weighted by molar-refractivity contribution is 0.126. The quantitative estimate of drug-likeness (QED) is 0.501. The first-order valence-electron chi connectivity index (χ1n) is 11.3. The fourth-order valence-electron chi connectivity index (χ4n) is 6.54. The van der Waals surface area contributed by atoms with Crippen LogP contribution in [-0.4, -0.2) is 31.9 Å². The monoisotopic (exact) mass is 431 g/mol. The van der Waals surface area contributed by atoms with Gasteiger partial charge in [-0.25, -0.2) is 9.78 Å². The molecule has 1 aromatic carbocycles. The number of aromatic amines is 1. The molecule has 4 aromatic rings. The molecule has 6 rings (SSSR count). The molecule has 7 nitrogen and oxygen atoms in total. The van der Waals surface area contributed by atoms with Gasteiger partial charge < -0.3 is 14.6 Å². The van der Waals surface area contributed by atoms with Crippen molar-refractivity contribution in [2.24, 2.45) is 10.8 Å². The summed E-state index contributed by atoms with van der Waals surface area (Å²) >= 11 is 0. The first-order chi connectivity index (χ1) is 15.2. The van der Waals surface area contributed by atoms with E-state index in [1.54, 1.807) is 0 Å². The van der Waals surface area contributed by atoms with Gasteiger partial charge in [-0.3, -0.25) is 9.88 Å². The molecule has 1 saturated heterocycles. The minimum Gasteiger partial charge on any atom is -0.408 e. The van der Waals surface area contributed by atoms with Crippen molar-refractivity contribution in [1.82, 2.24) is 19.3 Å². The molecular weight excluding hydrogens is 402 g/mol. The Balaban J connectivity index is 1.47. The highest BCUT2D eigenvalue weighted by Gasteiger charge is 2.49. The summed E-state index contributed by atoms with van der Waals surface area (Å²) in [6.45, 7) is 9.16. The second-order valence-electron chi connectivity index (χ2n) is 10.9. The Kier molecular flexibility index (Phi) is 3.97. The number of hydrogen-bond donors (Lipinski definition) is 2. The predicted octanol–water partition coefficient (Wildman–Crippen LogP) is 4.42. The number of anilines is 1. The van der Waals surface area contributed by atoms with Gasteiger partial charge in [0.25, 0.3) is 0 Å².